The van der Waals surface area contributed by atoms with Gasteiger partial charge in [-0.3, -0.25) is 0 Å². The number of hydrogen-bond acceptors (Lipinski definition) is 4. The summed E-state index contributed by atoms with van der Waals surface area (Å²) in [4.78, 5) is 4.55. The number of ether oxygens (including phenoxy) is 1. The zero-order valence-corrected chi connectivity index (χ0v) is 11.9. The molecule has 1 N–H and O–H groups in total. The quantitative estimate of drug-likeness (QED) is 0.717. The minimum Gasteiger partial charge on any atom is -0.438 e. The Labute approximate surface area is 127 Å². The van der Waals surface area contributed by atoms with E-state index in [-0.39, 0.29) is 0 Å². The van der Waals surface area contributed by atoms with E-state index >= 15 is 0 Å². The van der Waals surface area contributed by atoms with Crippen LogP contribution in [0.1, 0.15) is 12.3 Å². The Morgan fingerprint density at radius 3 is 2.77 bits per heavy atom. The van der Waals surface area contributed by atoms with Gasteiger partial charge in [-0.15, -0.1) is 6.58 Å². The molecule has 4 nitrogen and oxygen atoms in total. The van der Waals surface area contributed by atoms with Crippen LogP contribution in [-0.2, 0) is 0 Å². The van der Waals surface area contributed by atoms with Crippen LogP contribution in [0, 0.1) is 0 Å². The van der Waals surface area contributed by atoms with E-state index in [1.54, 1.807) is 0 Å². The molecular weight excluding hydrogens is 276 g/mol. The van der Waals surface area contributed by atoms with Gasteiger partial charge in [0, 0.05) is 6.42 Å². The summed E-state index contributed by atoms with van der Waals surface area (Å²) >= 11 is 0. The van der Waals surface area contributed by atoms with Gasteiger partial charge in [-0.05, 0) is 24.3 Å². The smallest absolute Gasteiger partial charge is 0.228 e. The average Bonchev–Trinajstić information content (AvgIpc) is 3.15. The third-order valence-electron chi connectivity index (χ3n) is 3.52. The van der Waals surface area contributed by atoms with E-state index < -0.39 is 0 Å². The third-order valence-corrected chi connectivity index (χ3v) is 3.52. The predicted molar refractivity (Wildman–Crippen MR) is 86.4 cm³/mol. The van der Waals surface area contributed by atoms with Crippen molar-refractivity contribution in [2.75, 3.05) is 5.32 Å². The summed E-state index contributed by atoms with van der Waals surface area (Å²) in [6.45, 7) is 3.81. The van der Waals surface area contributed by atoms with Crippen LogP contribution in [0.4, 0.5) is 5.69 Å². The molecule has 0 bridgehead atoms. The molecule has 108 valence electrons. The van der Waals surface area contributed by atoms with Crippen LogP contribution in [0.25, 0.3) is 16.7 Å². The Morgan fingerprint density at radius 2 is 1.95 bits per heavy atom. The van der Waals surface area contributed by atoms with Gasteiger partial charge in [0.1, 0.15) is 5.52 Å². The fourth-order valence-electron chi connectivity index (χ4n) is 2.48. The number of rotatable bonds is 3. The molecule has 0 fully saturated rings. The second-order valence-electron chi connectivity index (χ2n) is 5.01. The fraction of sp³-hybridized carbons (Fsp3) is 0.0556. The van der Waals surface area contributed by atoms with Gasteiger partial charge in [-0.1, -0.05) is 30.3 Å². The van der Waals surface area contributed by atoms with Crippen molar-refractivity contribution < 1.29 is 9.15 Å². The number of aromatic nitrogens is 1. The van der Waals surface area contributed by atoms with Gasteiger partial charge in [0.05, 0.1) is 11.3 Å². The molecule has 0 saturated carbocycles. The molecule has 0 unspecified atom stereocenters. The average molecular weight is 290 g/mol. The Hall–Kier alpha value is -3.01. The number of nitrogens with one attached hydrogen (secondary N) is 1. The SMILES string of the molecule is C=CCC(=C1Nc2ccccc2O1)c1nc2ccccc2o1. The zero-order valence-electron chi connectivity index (χ0n) is 11.9. The fourth-order valence-corrected chi connectivity index (χ4v) is 2.48. The Balaban J connectivity index is 1.81. The number of anilines is 1. The van der Waals surface area contributed by atoms with Crippen molar-refractivity contribution in [1.29, 1.82) is 0 Å². The first-order valence-electron chi connectivity index (χ1n) is 7.09. The van der Waals surface area contributed by atoms with Gasteiger partial charge in [0.25, 0.3) is 0 Å². The first kappa shape index (κ1) is 12.7. The molecule has 0 amide bonds. The van der Waals surface area contributed by atoms with Crippen molar-refractivity contribution in [2.24, 2.45) is 0 Å². The Kier molecular flexibility index (Phi) is 2.93. The van der Waals surface area contributed by atoms with Crippen molar-refractivity contribution in [3.8, 4) is 5.75 Å². The van der Waals surface area contributed by atoms with Crippen LogP contribution in [0.5, 0.6) is 5.75 Å². The van der Waals surface area contributed by atoms with Crippen LogP contribution < -0.4 is 10.1 Å². The number of oxazole rings is 1. The van der Waals surface area contributed by atoms with Gasteiger partial charge in [-0.25, -0.2) is 4.98 Å². The molecule has 0 radical (unpaired) electrons. The molecule has 0 atom stereocenters. The lowest BCUT2D eigenvalue weighted by molar-refractivity contribution is 0.454. The van der Waals surface area contributed by atoms with Crippen molar-refractivity contribution in [3.05, 3.63) is 73.0 Å². The summed E-state index contributed by atoms with van der Waals surface area (Å²) in [5.74, 6) is 2.00. The highest BCUT2D eigenvalue weighted by Crippen LogP contribution is 2.37. The molecule has 4 rings (SSSR count). The first-order valence-corrected chi connectivity index (χ1v) is 7.09. The number of benzene rings is 2. The predicted octanol–water partition coefficient (Wildman–Crippen LogP) is 4.58. The lowest BCUT2D eigenvalue weighted by Gasteiger charge is -2.05. The van der Waals surface area contributed by atoms with E-state index in [1.165, 1.54) is 0 Å². The maximum Gasteiger partial charge on any atom is 0.228 e. The highest BCUT2D eigenvalue weighted by atomic mass is 16.5. The maximum atomic E-state index is 5.89. The molecule has 2 heterocycles. The Morgan fingerprint density at radius 1 is 1.14 bits per heavy atom. The number of allylic oxidation sites excluding steroid dienone is 2. The summed E-state index contributed by atoms with van der Waals surface area (Å²) in [5, 5.41) is 3.27. The largest absolute Gasteiger partial charge is 0.438 e. The molecule has 0 aliphatic carbocycles. The summed E-state index contributed by atoms with van der Waals surface area (Å²) in [6.07, 6.45) is 2.41. The van der Waals surface area contributed by atoms with Gasteiger partial charge < -0.3 is 14.5 Å². The summed E-state index contributed by atoms with van der Waals surface area (Å²) < 4.78 is 11.7. The standard InChI is InChI=1S/C18H14N2O2/c1-2-7-12(17-19-13-8-3-5-10-15(13)21-17)18-20-14-9-4-6-11-16(14)22-18/h2-6,8-11,19H,1,7H2. The first-order chi connectivity index (χ1) is 10.8. The second kappa shape index (κ2) is 5.07. The number of fused-ring (bicyclic) bond motifs is 2. The van der Waals surface area contributed by atoms with Crippen LogP contribution in [0.2, 0.25) is 0 Å². The highest BCUT2D eigenvalue weighted by molar-refractivity contribution is 5.78. The zero-order chi connectivity index (χ0) is 14.9. The summed E-state index contributed by atoms with van der Waals surface area (Å²) in [6, 6.07) is 15.5. The molecule has 0 saturated heterocycles. The minimum absolute atomic E-state index is 0.552. The van der Waals surface area contributed by atoms with E-state index in [2.05, 4.69) is 16.9 Å². The molecule has 4 heteroatoms. The molecule has 2 aromatic carbocycles. The summed E-state index contributed by atoms with van der Waals surface area (Å²) in [7, 11) is 0. The third kappa shape index (κ3) is 2.05. The minimum atomic E-state index is 0.552. The van der Waals surface area contributed by atoms with Crippen LogP contribution in [-0.4, -0.2) is 4.98 Å². The van der Waals surface area contributed by atoms with E-state index in [0.29, 0.717) is 18.2 Å². The monoisotopic (exact) mass is 290 g/mol. The lowest BCUT2D eigenvalue weighted by atomic mass is 10.2. The van der Waals surface area contributed by atoms with Gasteiger partial charge in [0.2, 0.25) is 11.8 Å². The molecular formula is C18H14N2O2. The van der Waals surface area contributed by atoms with Gasteiger partial charge >= 0.3 is 0 Å². The van der Waals surface area contributed by atoms with Crippen molar-refractivity contribution in [3.63, 3.8) is 0 Å². The maximum absolute atomic E-state index is 5.89. The van der Waals surface area contributed by atoms with Crippen LogP contribution >= 0.6 is 0 Å². The molecule has 1 aromatic heterocycles. The van der Waals surface area contributed by atoms with E-state index in [0.717, 1.165) is 28.1 Å². The summed E-state index contributed by atoms with van der Waals surface area (Å²) in [5.41, 5.74) is 3.38. The number of nitrogens with zero attached hydrogens (tertiary/aromatic N) is 1. The van der Waals surface area contributed by atoms with Crippen molar-refractivity contribution in [1.82, 2.24) is 4.98 Å². The number of hydrogen-bond donors (Lipinski definition) is 1. The molecule has 1 aliphatic heterocycles. The van der Waals surface area contributed by atoms with E-state index in [9.17, 15) is 0 Å². The topological polar surface area (TPSA) is 47.3 Å². The van der Waals surface area contributed by atoms with Crippen LogP contribution in [0.3, 0.4) is 0 Å². The van der Waals surface area contributed by atoms with E-state index in [4.69, 9.17) is 9.15 Å². The van der Waals surface area contributed by atoms with Crippen molar-refractivity contribution in [2.45, 2.75) is 6.42 Å². The molecule has 22 heavy (non-hydrogen) atoms. The molecule has 0 spiro atoms. The lowest BCUT2D eigenvalue weighted by Crippen LogP contribution is -2.02. The van der Waals surface area contributed by atoms with Gasteiger partial charge in [-0.2, -0.15) is 0 Å². The number of para-hydroxylation sites is 4. The molecule has 3 aromatic rings. The van der Waals surface area contributed by atoms with E-state index in [1.807, 2.05) is 54.6 Å². The van der Waals surface area contributed by atoms with Crippen LogP contribution in [0.15, 0.2) is 71.5 Å². The normalized spacial score (nSPS) is 15.1. The molecule has 1 aliphatic rings. The van der Waals surface area contributed by atoms with Gasteiger partial charge in [0.15, 0.2) is 11.3 Å². The highest BCUT2D eigenvalue weighted by Gasteiger charge is 2.23. The Bertz CT molecular complexity index is 833. The second-order valence-corrected chi connectivity index (χ2v) is 5.01. The van der Waals surface area contributed by atoms with Crippen molar-refractivity contribution >= 4 is 22.4 Å².